The molecule has 0 radical (unpaired) electrons. The zero-order chi connectivity index (χ0) is 10.8. The highest BCUT2D eigenvalue weighted by Gasteiger charge is 2.21. The Balaban J connectivity index is 2.31. The topological polar surface area (TPSA) is 20.3 Å². The third-order valence-corrected chi connectivity index (χ3v) is 3.06. The number of hydrogen-bond donors (Lipinski definition) is 0. The summed E-state index contributed by atoms with van der Waals surface area (Å²) in [4.78, 5) is 13.4. The Morgan fingerprint density at radius 1 is 1.20 bits per heavy atom. The maximum Gasteiger partial charge on any atom is 0.227 e. The molecule has 0 bridgehead atoms. The monoisotopic (exact) mass is 243 g/mol. The van der Waals surface area contributed by atoms with E-state index in [9.17, 15) is 4.79 Å². The molecule has 0 N–H and O–H groups in total. The minimum absolute atomic E-state index is 0.144. The van der Waals surface area contributed by atoms with Crippen LogP contribution in [0.2, 0.25) is 10.0 Å². The lowest BCUT2D eigenvalue weighted by Gasteiger charge is -2.27. The molecule has 0 unspecified atom stereocenters. The van der Waals surface area contributed by atoms with Crippen LogP contribution in [0.15, 0.2) is 18.2 Å². The number of rotatable bonds is 1. The van der Waals surface area contributed by atoms with E-state index in [0.717, 1.165) is 25.1 Å². The smallest absolute Gasteiger partial charge is 0.227 e. The van der Waals surface area contributed by atoms with Gasteiger partial charge in [-0.2, -0.15) is 0 Å². The van der Waals surface area contributed by atoms with E-state index in [1.165, 1.54) is 0 Å². The van der Waals surface area contributed by atoms with Crippen LogP contribution in [0.25, 0.3) is 0 Å². The third-order valence-electron chi connectivity index (χ3n) is 2.52. The van der Waals surface area contributed by atoms with E-state index in [4.69, 9.17) is 23.2 Å². The number of anilines is 1. The Morgan fingerprint density at radius 2 is 2.00 bits per heavy atom. The molecule has 2 rings (SSSR count). The number of nitrogens with zero attached hydrogens (tertiary/aromatic N) is 1. The Kier molecular flexibility index (Phi) is 3.17. The van der Waals surface area contributed by atoms with E-state index in [0.29, 0.717) is 16.5 Å². The van der Waals surface area contributed by atoms with Gasteiger partial charge in [-0.1, -0.05) is 23.2 Å². The molecule has 0 aliphatic carbocycles. The molecule has 80 valence electrons. The summed E-state index contributed by atoms with van der Waals surface area (Å²) in [5.41, 5.74) is 0.769. The number of benzene rings is 1. The van der Waals surface area contributed by atoms with Crippen LogP contribution in [0.4, 0.5) is 5.69 Å². The number of piperidine rings is 1. The fourth-order valence-electron chi connectivity index (χ4n) is 1.76. The number of halogens is 2. The normalized spacial score (nSPS) is 16.9. The van der Waals surface area contributed by atoms with Gasteiger partial charge in [0.15, 0.2) is 0 Å². The molecule has 15 heavy (non-hydrogen) atoms. The Morgan fingerprint density at radius 3 is 2.67 bits per heavy atom. The number of amides is 1. The van der Waals surface area contributed by atoms with Gasteiger partial charge >= 0.3 is 0 Å². The first-order chi connectivity index (χ1) is 7.18. The number of hydrogen-bond acceptors (Lipinski definition) is 1. The van der Waals surface area contributed by atoms with Crippen molar-refractivity contribution < 1.29 is 4.79 Å². The molecule has 0 saturated carbocycles. The van der Waals surface area contributed by atoms with Crippen LogP contribution in [0.1, 0.15) is 19.3 Å². The van der Waals surface area contributed by atoms with Crippen LogP contribution in [-0.4, -0.2) is 12.5 Å². The second kappa shape index (κ2) is 4.42. The molecule has 0 aromatic heterocycles. The zero-order valence-corrected chi connectivity index (χ0v) is 9.68. The van der Waals surface area contributed by atoms with Gasteiger partial charge in [0.1, 0.15) is 0 Å². The summed E-state index contributed by atoms with van der Waals surface area (Å²) < 4.78 is 0. The summed E-state index contributed by atoms with van der Waals surface area (Å²) in [5.74, 6) is 0.144. The van der Waals surface area contributed by atoms with Crippen molar-refractivity contribution in [2.24, 2.45) is 0 Å². The van der Waals surface area contributed by atoms with E-state index in [1.807, 2.05) is 0 Å². The van der Waals surface area contributed by atoms with E-state index in [1.54, 1.807) is 23.1 Å². The first-order valence-electron chi connectivity index (χ1n) is 4.94. The van der Waals surface area contributed by atoms with Gasteiger partial charge in [-0.3, -0.25) is 4.79 Å². The van der Waals surface area contributed by atoms with Gasteiger partial charge in [-0.15, -0.1) is 0 Å². The molecule has 1 amide bonds. The zero-order valence-electron chi connectivity index (χ0n) is 8.17. The van der Waals surface area contributed by atoms with Crippen LogP contribution in [0, 0.1) is 0 Å². The van der Waals surface area contributed by atoms with Crippen molar-refractivity contribution in [2.45, 2.75) is 19.3 Å². The Labute approximate surface area is 98.8 Å². The van der Waals surface area contributed by atoms with E-state index in [-0.39, 0.29) is 5.91 Å². The Bertz CT molecular complexity index is 392. The van der Waals surface area contributed by atoms with Gasteiger partial charge in [-0.05, 0) is 31.0 Å². The van der Waals surface area contributed by atoms with Crippen LogP contribution >= 0.6 is 23.2 Å². The van der Waals surface area contributed by atoms with E-state index < -0.39 is 0 Å². The van der Waals surface area contributed by atoms with E-state index >= 15 is 0 Å². The van der Waals surface area contributed by atoms with Crippen molar-refractivity contribution in [3.05, 3.63) is 28.2 Å². The van der Waals surface area contributed by atoms with Crippen LogP contribution in [0.3, 0.4) is 0 Å². The predicted molar refractivity (Wildman–Crippen MR) is 62.7 cm³/mol. The average Bonchev–Trinajstić information content (AvgIpc) is 2.20. The van der Waals surface area contributed by atoms with Gasteiger partial charge in [0, 0.05) is 18.0 Å². The SMILES string of the molecule is O=C1CCCCN1c1ccc(Cl)cc1Cl. The molecule has 1 aliphatic rings. The lowest BCUT2D eigenvalue weighted by atomic mass is 10.1. The van der Waals surface area contributed by atoms with Crippen LogP contribution in [-0.2, 0) is 4.79 Å². The maximum atomic E-state index is 11.7. The van der Waals surface area contributed by atoms with Gasteiger partial charge in [0.05, 0.1) is 10.7 Å². The molecule has 1 aromatic rings. The van der Waals surface area contributed by atoms with Gasteiger partial charge < -0.3 is 4.90 Å². The molecule has 4 heteroatoms. The van der Waals surface area contributed by atoms with Crippen molar-refractivity contribution in [2.75, 3.05) is 11.4 Å². The number of carbonyl (C=O) groups is 1. The molecular weight excluding hydrogens is 233 g/mol. The Hall–Kier alpha value is -0.730. The van der Waals surface area contributed by atoms with Gasteiger partial charge in [0.25, 0.3) is 0 Å². The molecule has 1 heterocycles. The quantitative estimate of drug-likeness (QED) is 0.740. The van der Waals surface area contributed by atoms with Crippen LogP contribution in [0.5, 0.6) is 0 Å². The average molecular weight is 244 g/mol. The summed E-state index contributed by atoms with van der Waals surface area (Å²) in [7, 11) is 0. The second-order valence-corrected chi connectivity index (χ2v) is 4.44. The maximum absolute atomic E-state index is 11.7. The standard InChI is InChI=1S/C11H11Cl2NO/c12-8-4-5-10(9(13)7-8)14-6-2-1-3-11(14)15/h4-5,7H,1-3,6H2. The minimum Gasteiger partial charge on any atom is -0.311 e. The fourth-order valence-corrected chi connectivity index (χ4v) is 2.27. The fraction of sp³-hybridized carbons (Fsp3) is 0.364. The van der Waals surface area contributed by atoms with Gasteiger partial charge in [0.2, 0.25) is 5.91 Å². The highest BCUT2D eigenvalue weighted by molar-refractivity contribution is 6.36. The van der Waals surface area contributed by atoms with E-state index in [2.05, 4.69) is 0 Å². The summed E-state index contributed by atoms with van der Waals surface area (Å²) in [5, 5.41) is 1.13. The van der Waals surface area contributed by atoms with Crippen molar-refractivity contribution in [1.82, 2.24) is 0 Å². The van der Waals surface area contributed by atoms with Crippen molar-refractivity contribution in [3.8, 4) is 0 Å². The van der Waals surface area contributed by atoms with Crippen molar-refractivity contribution in [3.63, 3.8) is 0 Å². The molecule has 0 spiro atoms. The molecular formula is C11H11Cl2NO. The molecule has 0 atom stereocenters. The number of carbonyl (C=O) groups excluding carboxylic acids is 1. The van der Waals surface area contributed by atoms with Crippen molar-refractivity contribution >= 4 is 34.8 Å². The lowest BCUT2D eigenvalue weighted by Crippen LogP contribution is -2.35. The second-order valence-electron chi connectivity index (χ2n) is 3.60. The molecule has 1 aromatic carbocycles. The lowest BCUT2D eigenvalue weighted by molar-refractivity contribution is -0.119. The highest BCUT2D eigenvalue weighted by Crippen LogP contribution is 2.30. The third kappa shape index (κ3) is 2.27. The molecule has 1 fully saturated rings. The van der Waals surface area contributed by atoms with Crippen molar-refractivity contribution in [1.29, 1.82) is 0 Å². The molecule has 1 saturated heterocycles. The summed E-state index contributed by atoms with van der Waals surface area (Å²) in [6.45, 7) is 0.750. The first-order valence-corrected chi connectivity index (χ1v) is 5.69. The molecule has 2 nitrogen and oxygen atoms in total. The molecule has 1 aliphatic heterocycles. The summed E-state index contributed by atoms with van der Waals surface area (Å²) >= 11 is 11.9. The summed E-state index contributed by atoms with van der Waals surface area (Å²) in [6.07, 6.45) is 2.62. The summed E-state index contributed by atoms with van der Waals surface area (Å²) in [6, 6.07) is 5.22. The first kappa shape index (κ1) is 10.8. The predicted octanol–water partition coefficient (Wildman–Crippen LogP) is 3.51. The van der Waals surface area contributed by atoms with Crippen LogP contribution < -0.4 is 4.90 Å². The highest BCUT2D eigenvalue weighted by atomic mass is 35.5. The minimum atomic E-state index is 0.144. The van der Waals surface area contributed by atoms with Gasteiger partial charge in [-0.25, -0.2) is 0 Å². The largest absolute Gasteiger partial charge is 0.311 e.